The number of alkyl halides is 1. The number of rotatable bonds is 7. The molecule has 0 fully saturated rings. The zero-order chi connectivity index (χ0) is 16.0. The van der Waals surface area contributed by atoms with Crippen molar-refractivity contribution in [3.63, 3.8) is 0 Å². The van der Waals surface area contributed by atoms with Crippen molar-refractivity contribution in [2.45, 2.75) is 32.3 Å². The first kappa shape index (κ1) is 17.7. The lowest BCUT2D eigenvalue weighted by Gasteiger charge is -2.09. The Balaban J connectivity index is 2.66. The van der Waals surface area contributed by atoms with Crippen molar-refractivity contribution in [3.8, 4) is 0 Å². The summed E-state index contributed by atoms with van der Waals surface area (Å²) >= 11 is 5.43. The number of carbonyl (C=O) groups excluding carboxylic acids is 1. The molecule has 0 N–H and O–H groups in total. The van der Waals surface area contributed by atoms with E-state index in [1.807, 2.05) is 0 Å². The van der Waals surface area contributed by atoms with E-state index in [0.717, 1.165) is 0 Å². The molecule has 0 spiro atoms. The standard InChI is InChI=1S/C13H12ClF5O2/c14-5-3-1-2-4-8(20)21-6-7-9(15)11(17)13(19)12(18)10(7)16/h1-6H2. The second kappa shape index (κ2) is 8.17. The van der Waals surface area contributed by atoms with Crippen LogP contribution in [0.5, 0.6) is 0 Å². The molecule has 0 amide bonds. The van der Waals surface area contributed by atoms with E-state index < -0.39 is 47.2 Å². The van der Waals surface area contributed by atoms with Gasteiger partial charge in [-0.3, -0.25) is 4.79 Å². The Morgan fingerprint density at radius 3 is 1.90 bits per heavy atom. The van der Waals surface area contributed by atoms with Crippen LogP contribution in [0, 0.1) is 29.1 Å². The second-order valence-electron chi connectivity index (χ2n) is 4.21. The Morgan fingerprint density at radius 2 is 1.38 bits per heavy atom. The fourth-order valence-corrected chi connectivity index (χ4v) is 1.73. The minimum Gasteiger partial charge on any atom is -0.461 e. The molecule has 0 unspecified atom stereocenters. The minimum absolute atomic E-state index is 0.0215. The molecule has 0 radical (unpaired) electrons. The molecule has 0 aliphatic carbocycles. The highest BCUT2D eigenvalue weighted by atomic mass is 35.5. The summed E-state index contributed by atoms with van der Waals surface area (Å²) in [6, 6.07) is 0. The minimum atomic E-state index is -2.25. The molecule has 0 aliphatic rings. The van der Waals surface area contributed by atoms with Crippen LogP contribution < -0.4 is 0 Å². The Kier molecular flexibility index (Phi) is 6.87. The number of unbranched alkanes of at least 4 members (excludes halogenated alkanes) is 2. The summed E-state index contributed by atoms with van der Waals surface area (Å²) < 4.78 is 69.7. The van der Waals surface area contributed by atoms with Crippen molar-refractivity contribution in [3.05, 3.63) is 34.6 Å². The summed E-state index contributed by atoms with van der Waals surface area (Å²) in [5.74, 6) is -10.7. The van der Waals surface area contributed by atoms with Crippen LogP contribution in [0.25, 0.3) is 0 Å². The van der Waals surface area contributed by atoms with Crippen molar-refractivity contribution in [1.29, 1.82) is 0 Å². The first-order chi connectivity index (χ1) is 9.90. The summed E-state index contributed by atoms with van der Waals surface area (Å²) in [5.41, 5.74) is -1.17. The van der Waals surface area contributed by atoms with Gasteiger partial charge in [-0.05, 0) is 12.8 Å². The van der Waals surface area contributed by atoms with Gasteiger partial charge in [-0.2, -0.15) is 0 Å². The molecule has 0 saturated heterocycles. The molecule has 0 bridgehead atoms. The molecule has 2 nitrogen and oxygen atoms in total. The van der Waals surface area contributed by atoms with E-state index in [1.54, 1.807) is 0 Å². The van der Waals surface area contributed by atoms with Crippen LogP contribution in [0.2, 0.25) is 0 Å². The molecular formula is C13H12ClF5O2. The van der Waals surface area contributed by atoms with Crippen LogP contribution in [0.3, 0.4) is 0 Å². The van der Waals surface area contributed by atoms with Crippen molar-refractivity contribution < 1.29 is 31.5 Å². The molecule has 0 heterocycles. The largest absolute Gasteiger partial charge is 0.461 e. The number of hydrogen-bond donors (Lipinski definition) is 0. The first-order valence-corrected chi connectivity index (χ1v) is 6.65. The molecule has 1 aromatic rings. The molecule has 0 saturated carbocycles. The monoisotopic (exact) mass is 330 g/mol. The van der Waals surface area contributed by atoms with E-state index in [0.29, 0.717) is 25.1 Å². The highest BCUT2D eigenvalue weighted by Gasteiger charge is 2.26. The van der Waals surface area contributed by atoms with E-state index in [4.69, 9.17) is 11.6 Å². The highest BCUT2D eigenvalue weighted by molar-refractivity contribution is 6.17. The zero-order valence-electron chi connectivity index (χ0n) is 10.8. The lowest BCUT2D eigenvalue weighted by Crippen LogP contribution is -2.11. The van der Waals surface area contributed by atoms with E-state index in [2.05, 4.69) is 4.74 Å². The SMILES string of the molecule is O=C(CCCCCCl)OCc1c(F)c(F)c(F)c(F)c1F. The van der Waals surface area contributed by atoms with Crippen molar-refractivity contribution in [2.24, 2.45) is 0 Å². The van der Waals surface area contributed by atoms with Gasteiger partial charge >= 0.3 is 5.97 Å². The number of carbonyl (C=O) groups is 1. The second-order valence-corrected chi connectivity index (χ2v) is 4.59. The molecule has 0 atom stereocenters. The maximum Gasteiger partial charge on any atom is 0.306 e. The summed E-state index contributed by atoms with van der Waals surface area (Å²) in [5, 5.41) is 0. The number of halogens is 6. The van der Waals surface area contributed by atoms with Crippen LogP contribution in [-0.4, -0.2) is 11.8 Å². The van der Waals surface area contributed by atoms with Crippen LogP contribution in [0.4, 0.5) is 22.0 Å². The Morgan fingerprint density at radius 1 is 0.857 bits per heavy atom. The summed E-state index contributed by atoms with van der Waals surface area (Å²) in [4.78, 5) is 11.3. The van der Waals surface area contributed by atoms with Gasteiger partial charge in [0.25, 0.3) is 0 Å². The first-order valence-electron chi connectivity index (χ1n) is 6.12. The molecule has 1 rings (SSSR count). The van der Waals surface area contributed by atoms with E-state index >= 15 is 0 Å². The topological polar surface area (TPSA) is 26.3 Å². The summed E-state index contributed by atoms with van der Waals surface area (Å²) in [7, 11) is 0. The van der Waals surface area contributed by atoms with Gasteiger partial charge < -0.3 is 4.74 Å². The third-order valence-electron chi connectivity index (χ3n) is 2.69. The van der Waals surface area contributed by atoms with Crippen LogP contribution in [-0.2, 0) is 16.1 Å². The van der Waals surface area contributed by atoms with Crippen LogP contribution in [0.1, 0.15) is 31.2 Å². The predicted molar refractivity (Wildman–Crippen MR) is 65.2 cm³/mol. The van der Waals surface area contributed by atoms with E-state index in [-0.39, 0.29) is 6.42 Å². The summed E-state index contributed by atoms with van der Waals surface area (Å²) in [6.07, 6.45) is 1.81. The normalized spacial score (nSPS) is 10.8. The average molecular weight is 331 g/mol. The lowest BCUT2D eigenvalue weighted by atomic mass is 10.2. The quantitative estimate of drug-likeness (QED) is 0.187. The molecule has 0 aromatic heterocycles. The van der Waals surface area contributed by atoms with Crippen molar-refractivity contribution in [1.82, 2.24) is 0 Å². The number of hydrogen-bond acceptors (Lipinski definition) is 2. The lowest BCUT2D eigenvalue weighted by molar-refractivity contribution is -0.145. The average Bonchev–Trinajstić information content (AvgIpc) is 2.47. The van der Waals surface area contributed by atoms with E-state index in [1.165, 1.54) is 0 Å². The number of benzene rings is 1. The fraction of sp³-hybridized carbons (Fsp3) is 0.462. The molecule has 8 heteroatoms. The maximum atomic E-state index is 13.3. The Hall–Kier alpha value is -1.37. The third kappa shape index (κ3) is 4.56. The Labute approximate surface area is 122 Å². The van der Waals surface area contributed by atoms with Gasteiger partial charge in [-0.15, -0.1) is 11.6 Å². The van der Waals surface area contributed by atoms with Crippen LogP contribution >= 0.6 is 11.6 Å². The van der Waals surface area contributed by atoms with Gasteiger partial charge in [0.2, 0.25) is 5.82 Å². The third-order valence-corrected chi connectivity index (χ3v) is 2.96. The number of esters is 1. The highest BCUT2D eigenvalue weighted by Crippen LogP contribution is 2.23. The molecule has 21 heavy (non-hydrogen) atoms. The number of ether oxygens (including phenoxy) is 1. The van der Waals surface area contributed by atoms with Gasteiger partial charge in [0.15, 0.2) is 23.3 Å². The van der Waals surface area contributed by atoms with Gasteiger partial charge in [0.1, 0.15) is 6.61 Å². The van der Waals surface area contributed by atoms with Gasteiger partial charge in [0, 0.05) is 12.3 Å². The van der Waals surface area contributed by atoms with Gasteiger partial charge in [-0.1, -0.05) is 6.42 Å². The molecule has 1 aromatic carbocycles. The maximum absolute atomic E-state index is 13.3. The fourth-order valence-electron chi connectivity index (χ4n) is 1.54. The van der Waals surface area contributed by atoms with Gasteiger partial charge in [-0.25, -0.2) is 22.0 Å². The molecular weight excluding hydrogens is 319 g/mol. The van der Waals surface area contributed by atoms with E-state index in [9.17, 15) is 26.7 Å². The predicted octanol–water partition coefficient (Wildman–Crippen LogP) is 4.22. The van der Waals surface area contributed by atoms with Crippen LogP contribution in [0.15, 0.2) is 0 Å². The van der Waals surface area contributed by atoms with Crippen molar-refractivity contribution >= 4 is 17.6 Å². The smallest absolute Gasteiger partial charge is 0.306 e. The van der Waals surface area contributed by atoms with Gasteiger partial charge in [0.05, 0.1) is 5.56 Å². The molecule has 0 aliphatic heterocycles. The van der Waals surface area contributed by atoms with Crippen molar-refractivity contribution in [2.75, 3.05) is 5.88 Å². The zero-order valence-corrected chi connectivity index (χ0v) is 11.6. The Bertz CT molecular complexity index is 493. The molecule has 118 valence electrons. The summed E-state index contributed by atoms with van der Waals surface area (Å²) in [6.45, 7) is -1.01.